The van der Waals surface area contributed by atoms with Crippen molar-refractivity contribution in [1.82, 2.24) is 0 Å². The highest BCUT2D eigenvalue weighted by Crippen LogP contribution is 1.83. The summed E-state index contributed by atoms with van der Waals surface area (Å²) in [7, 11) is 0. The fraction of sp³-hybridized carbons (Fsp3) is 0.636. The molecule has 6 heteroatoms. The molecular weight excluding hydrogens is 228 g/mol. The van der Waals surface area contributed by atoms with Gasteiger partial charge in [0.1, 0.15) is 13.1 Å². The first-order valence-electron chi connectivity index (χ1n) is 5.07. The van der Waals surface area contributed by atoms with Crippen LogP contribution < -0.4 is 0 Å². The summed E-state index contributed by atoms with van der Waals surface area (Å²) in [6.45, 7) is 9.34. The molecule has 0 saturated carbocycles. The van der Waals surface area contributed by atoms with Crippen molar-refractivity contribution in [3.05, 3.63) is 0 Å². The van der Waals surface area contributed by atoms with Crippen molar-refractivity contribution in [2.24, 2.45) is 5.92 Å². The van der Waals surface area contributed by atoms with Crippen molar-refractivity contribution in [1.29, 1.82) is 0 Å². The number of carbonyl (C=O) groups is 4. The van der Waals surface area contributed by atoms with E-state index >= 15 is 0 Å². The van der Waals surface area contributed by atoms with Gasteiger partial charge in [0.25, 0.3) is 0 Å². The van der Waals surface area contributed by atoms with Gasteiger partial charge in [-0.1, -0.05) is 13.8 Å². The highest BCUT2D eigenvalue weighted by atomic mass is 16.6. The van der Waals surface area contributed by atoms with Gasteiger partial charge in [0, 0.05) is 5.92 Å². The van der Waals surface area contributed by atoms with E-state index in [0.717, 1.165) is 6.29 Å². The molecule has 100 valence electrons. The number of ether oxygens (including phenoxy) is 2. The minimum Gasteiger partial charge on any atom is -0.458 e. The molecular formula is C11H20O6. The van der Waals surface area contributed by atoms with E-state index in [1.165, 1.54) is 0 Å². The molecule has 0 spiro atoms. The molecule has 0 atom stereocenters. The SMILES string of the molecule is C=O.CC(C)C=O.CCOC(=O)C(=O)OCC. The van der Waals surface area contributed by atoms with Crippen LogP contribution >= 0.6 is 0 Å². The molecule has 0 aliphatic heterocycles. The molecule has 0 radical (unpaired) electrons. The molecule has 17 heavy (non-hydrogen) atoms. The summed E-state index contributed by atoms with van der Waals surface area (Å²) >= 11 is 0. The van der Waals surface area contributed by atoms with E-state index in [1.54, 1.807) is 13.8 Å². The minimum absolute atomic E-state index is 0.192. The lowest BCUT2D eigenvalue weighted by Crippen LogP contribution is -2.19. The maximum atomic E-state index is 10.4. The normalized spacial score (nSPS) is 7.82. The van der Waals surface area contributed by atoms with Crippen LogP contribution in [0.4, 0.5) is 0 Å². The van der Waals surface area contributed by atoms with Crippen molar-refractivity contribution in [3.8, 4) is 0 Å². The summed E-state index contributed by atoms with van der Waals surface area (Å²) in [6, 6.07) is 0. The van der Waals surface area contributed by atoms with Gasteiger partial charge in [-0.3, -0.25) is 0 Å². The third kappa shape index (κ3) is 20.4. The van der Waals surface area contributed by atoms with Gasteiger partial charge in [0.05, 0.1) is 13.2 Å². The van der Waals surface area contributed by atoms with E-state index in [0.29, 0.717) is 0 Å². The molecule has 0 saturated heterocycles. The highest BCUT2D eigenvalue weighted by molar-refractivity contribution is 6.29. The van der Waals surface area contributed by atoms with Crippen molar-refractivity contribution in [2.75, 3.05) is 13.2 Å². The molecule has 0 N–H and O–H groups in total. The van der Waals surface area contributed by atoms with Gasteiger partial charge in [-0.15, -0.1) is 0 Å². The van der Waals surface area contributed by atoms with Crippen LogP contribution in [0, 0.1) is 5.92 Å². The van der Waals surface area contributed by atoms with E-state index in [4.69, 9.17) is 4.79 Å². The Hall–Kier alpha value is -1.72. The zero-order chi connectivity index (χ0) is 14.3. The van der Waals surface area contributed by atoms with E-state index in [2.05, 4.69) is 9.47 Å². The van der Waals surface area contributed by atoms with Crippen LogP contribution in [-0.4, -0.2) is 38.2 Å². The Morgan fingerprint density at radius 3 is 1.41 bits per heavy atom. The first-order valence-corrected chi connectivity index (χ1v) is 5.07. The Labute approximate surface area is 101 Å². The number of carbonyl (C=O) groups excluding carboxylic acids is 4. The third-order valence-corrected chi connectivity index (χ3v) is 0.990. The van der Waals surface area contributed by atoms with Crippen molar-refractivity contribution >= 4 is 25.0 Å². The quantitative estimate of drug-likeness (QED) is 0.416. The zero-order valence-electron chi connectivity index (χ0n) is 10.7. The van der Waals surface area contributed by atoms with Gasteiger partial charge < -0.3 is 19.1 Å². The maximum Gasteiger partial charge on any atom is 0.417 e. The summed E-state index contributed by atoms with van der Waals surface area (Å²) in [5.74, 6) is -1.65. The van der Waals surface area contributed by atoms with Crippen LogP contribution in [0.2, 0.25) is 0 Å². The van der Waals surface area contributed by atoms with Gasteiger partial charge in [-0.25, -0.2) is 9.59 Å². The molecule has 0 amide bonds. The number of rotatable bonds is 3. The van der Waals surface area contributed by atoms with Crippen LogP contribution in [0.1, 0.15) is 27.7 Å². The lowest BCUT2D eigenvalue weighted by atomic mass is 10.3. The average Bonchev–Trinajstić information content (AvgIpc) is 2.33. The van der Waals surface area contributed by atoms with Gasteiger partial charge in [0.2, 0.25) is 0 Å². The van der Waals surface area contributed by atoms with Crippen LogP contribution in [0.15, 0.2) is 0 Å². The fourth-order valence-electron chi connectivity index (χ4n) is 0.380. The Kier molecular flexibility index (Phi) is 20.3. The summed E-state index contributed by atoms with van der Waals surface area (Å²) < 4.78 is 8.69. The topological polar surface area (TPSA) is 86.7 Å². The van der Waals surface area contributed by atoms with Crippen LogP contribution in [0.25, 0.3) is 0 Å². The fourth-order valence-corrected chi connectivity index (χ4v) is 0.380. The van der Waals surface area contributed by atoms with Crippen molar-refractivity contribution in [2.45, 2.75) is 27.7 Å². The molecule has 0 fully saturated rings. The van der Waals surface area contributed by atoms with E-state index in [9.17, 15) is 14.4 Å². The first-order chi connectivity index (χ1) is 7.99. The molecule has 0 heterocycles. The second-order valence-corrected chi connectivity index (χ2v) is 2.82. The summed E-state index contributed by atoms with van der Waals surface area (Å²) in [4.78, 5) is 38.4. The van der Waals surface area contributed by atoms with Crippen molar-refractivity contribution in [3.63, 3.8) is 0 Å². The Balaban J connectivity index is -0.000000236. The number of aldehydes is 1. The largest absolute Gasteiger partial charge is 0.458 e. The number of esters is 2. The van der Waals surface area contributed by atoms with Gasteiger partial charge in [0.15, 0.2) is 0 Å². The summed E-state index contributed by atoms with van der Waals surface area (Å²) in [5, 5.41) is 0. The van der Waals surface area contributed by atoms with E-state index < -0.39 is 11.9 Å². The molecule has 0 bridgehead atoms. The predicted octanol–water partition coefficient (Wildman–Crippen LogP) is 0.769. The standard InChI is InChI=1S/C6H10O4.C4H8O.CH2O/c1-3-9-5(7)6(8)10-4-2;1-4(2)3-5;1-2/h3-4H2,1-2H3;3-4H,1-2H3;1H2. The van der Waals surface area contributed by atoms with Crippen LogP contribution in [0.5, 0.6) is 0 Å². The summed E-state index contributed by atoms with van der Waals surface area (Å²) in [5.41, 5.74) is 0. The van der Waals surface area contributed by atoms with Gasteiger partial charge in [-0.2, -0.15) is 0 Å². The van der Waals surface area contributed by atoms with Crippen molar-refractivity contribution < 1.29 is 28.7 Å². The Bertz CT molecular complexity index is 196. The monoisotopic (exact) mass is 248 g/mol. The highest BCUT2D eigenvalue weighted by Gasteiger charge is 2.14. The lowest BCUT2D eigenvalue weighted by molar-refractivity contribution is -0.167. The van der Waals surface area contributed by atoms with Crippen LogP contribution in [-0.2, 0) is 28.7 Å². The third-order valence-electron chi connectivity index (χ3n) is 0.990. The second-order valence-electron chi connectivity index (χ2n) is 2.82. The molecule has 0 aromatic rings. The second kappa shape index (κ2) is 16.7. The van der Waals surface area contributed by atoms with Gasteiger partial charge >= 0.3 is 11.9 Å². The maximum absolute atomic E-state index is 10.4. The Morgan fingerprint density at radius 1 is 1.06 bits per heavy atom. The average molecular weight is 248 g/mol. The Morgan fingerprint density at radius 2 is 1.29 bits per heavy atom. The zero-order valence-corrected chi connectivity index (χ0v) is 10.7. The van der Waals surface area contributed by atoms with Crippen LogP contribution in [0.3, 0.4) is 0 Å². The number of hydrogen-bond acceptors (Lipinski definition) is 6. The summed E-state index contributed by atoms with van der Waals surface area (Å²) in [6.07, 6.45) is 0.917. The minimum atomic E-state index is -0.927. The molecule has 0 rings (SSSR count). The first kappa shape index (κ1) is 20.7. The van der Waals surface area contributed by atoms with E-state index in [-0.39, 0.29) is 19.1 Å². The number of hydrogen-bond donors (Lipinski definition) is 0. The van der Waals surface area contributed by atoms with Gasteiger partial charge in [-0.05, 0) is 13.8 Å². The van der Waals surface area contributed by atoms with E-state index in [1.807, 2.05) is 20.6 Å². The molecule has 0 unspecified atom stereocenters. The molecule has 0 aliphatic carbocycles. The molecule has 0 aromatic heterocycles. The predicted molar refractivity (Wildman–Crippen MR) is 61.3 cm³/mol. The molecule has 0 aliphatic rings. The molecule has 6 nitrogen and oxygen atoms in total. The molecule has 0 aromatic carbocycles. The lowest BCUT2D eigenvalue weighted by Gasteiger charge is -1.99. The smallest absolute Gasteiger partial charge is 0.417 e.